The van der Waals surface area contributed by atoms with Crippen LogP contribution < -0.4 is 0 Å². The Labute approximate surface area is 258 Å². The highest BCUT2D eigenvalue weighted by molar-refractivity contribution is 6.21. The van der Waals surface area contributed by atoms with Crippen LogP contribution in [0, 0.1) is 0 Å². The molecule has 0 heterocycles. The van der Waals surface area contributed by atoms with E-state index in [4.69, 9.17) is 0 Å². The maximum absolute atomic E-state index is 2.33. The lowest BCUT2D eigenvalue weighted by atomic mass is 9.85. The molecule has 0 amide bonds. The van der Waals surface area contributed by atoms with Crippen molar-refractivity contribution < 1.29 is 0 Å². The maximum atomic E-state index is 2.33. The molecular formula is C44H30. The van der Waals surface area contributed by atoms with Crippen molar-refractivity contribution in [2.75, 3.05) is 0 Å². The maximum Gasteiger partial charge on any atom is -0.00262 e. The monoisotopic (exact) mass is 558 g/mol. The molecular weight excluding hydrogens is 528 g/mol. The molecule has 0 spiro atoms. The van der Waals surface area contributed by atoms with E-state index in [1.807, 2.05) is 0 Å². The van der Waals surface area contributed by atoms with Gasteiger partial charge in [0.15, 0.2) is 0 Å². The molecule has 0 heteroatoms. The van der Waals surface area contributed by atoms with Crippen LogP contribution in [0.2, 0.25) is 0 Å². The fourth-order valence-electron chi connectivity index (χ4n) is 6.55. The van der Waals surface area contributed by atoms with Gasteiger partial charge in [0, 0.05) is 0 Å². The summed E-state index contributed by atoms with van der Waals surface area (Å²) in [4.78, 5) is 0. The van der Waals surface area contributed by atoms with E-state index >= 15 is 0 Å². The molecule has 206 valence electrons. The average molecular weight is 559 g/mol. The Bertz CT molecular complexity index is 2170. The molecule has 8 aromatic carbocycles. The van der Waals surface area contributed by atoms with Crippen LogP contribution in [0.5, 0.6) is 0 Å². The van der Waals surface area contributed by atoms with Crippen molar-refractivity contribution >= 4 is 21.5 Å². The lowest BCUT2D eigenvalue weighted by Crippen LogP contribution is -1.91. The van der Waals surface area contributed by atoms with Crippen LogP contribution in [0.15, 0.2) is 182 Å². The van der Waals surface area contributed by atoms with Crippen molar-refractivity contribution in [1.82, 2.24) is 0 Å². The summed E-state index contributed by atoms with van der Waals surface area (Å²) < 4.78 is 0. The van der Waals surface area contributed by atoms with Gasteiger partial charge in [0.1, 0.15) is 0 Å². The van der Waals surface area contributed by atoms with E-state index in [0.717, 1.165) is 0 Å². The third kappa shape index (κ3) is 4.68. The molecule has 0 radical (unpaired) electrons. The summed E-state index contributed by atoms with van der Waals surface area (Å²) >= 11 is 0. The minimum atomic E-state index is 1.22. The average Bonchev–Trinajstić information content (AvgIpc) is 3.11. The molecule has 0 aliphatic heterocycles. The number of hydrogen-bond donors (Lipinski definition) is 0. The second-order valence-corrected chi connectivity index (χ2v) is 11.3. The highest BCUT2D eigenvalue weighted by Gasteiger charge is 2.17. The van der Waals surface area contributed by atoms with Crippen LogP contribution in [-0.4, -0.2) is 0 Å². The summed E-state index contributed by atoms with van der Waals surface area (Å²) in [5.41, 5.74) is 12.4. The quantitative estimate of drug-likeness (QED) is 0.184. The predicted octanol–water partition coefficient (Wildman–Crippen LogP) is 12.3. The molecule has 0 atom stereocenters. The Kier molecular flexibility index (Phi) is 6.59. The smallest absolute Gasteiger partial charge is 0.00262 e. The van der Waals surface area contributed by atoms with Gasteiger partial charge in [0.2, 0.25) is 0 Å². The first-order valence-corrected chi connectivity index (χ1v) is 15.2. The summed E-state index contributed by atoms with van der Waals surface area (Å²) in [7, 11) is 0. The van der Waals surface area contributed by atoms with E-state index in [-0.39, 0.29) is 0 Å². The second-order valence-electron chi connectivity index (χ2n) is 11.3. The topological polar surface area (TPSA) is 0 Å². The molecule has 0 nitrogen and oxygen atoms in total. The van der Waals surface area contributed by atoms with Gasteiger partial charge in [-0.2, -0.15) is 0 Å². The summed E-state index contributed by atoms with van der Waals surface area (Å²) in [6.45, 7) is 0. The Hall–Kier alpha value is -5.72. The zero-order chi connectivity index (χ0) is 29.3. The highest BCUT2D eigenvalue weighted by Crippen LogP contribution is 2.44. The number of hydrogen-bond acceptors (Lipinski definition) is 0. The van der Waals surface area contributed by atoms with Crippen LogP contribution in [0.1, 0.15) is 0 Å². The van der Waals surface area contributed by atoms with Crippen LogP contribution in [0.3, 0.4) is 0 Å². The molecule has 0 fully saturated rings. The summed E-state index contributed by atoms with van der Waals surface area (Å²) in [5, 5.41) is 5.08. The van der Waals surface area contributed by atoms with E-state index in [9.17, 15) is 0 Å². The SMILES string of the molecule is c1ccc(-c2ccc(-c3ccc(-c4c5ccccc5c(-c5cccc(-c6ccccc6)c5)c5ccccc45)cc3)cc2)cc1. The van der Waals surface area contributed by atoms with Gasteiger partial charge >= 0.3 is 0 Å². The molecule has 0 unspecified atom stereocenters. The molecule has 0 aliphatic rings. The largest absolute Gasteiger partial charge is 0.0622 e. The Morgan fingerprint density at radius 1 is 0.182 bits per heavy atom. The van der Waals surface area contributed by atoms with Gasteiger partial charge in [-0.15, -0.1) is 0 Å². The highest BCUT2D eigenvalue weighted by atomic mass is 14.2. The minimum Gasteiger partial charge on any atom is -0.0622 e. The van der Waals surface area contributed by atoms with Crippen molar-refractivity contribution in [2.45, 2.75) is 0 Å². The lowest BCUT2D eigenvalue weighted by molar-refractivity contribution is 1.58. The minimum absolute atomic E-state index is 1.22. The van der Waals surface area contributed by atoms with E-state index < -0.39 is 0 Å². The first-order chi connectivity index (χ1) is 21.8. The van der Waals surface area contributed by atoms with E-state index in [0.29, 0.717) is 0 Å². The molecule has 8 rings (SSSR count). The predicted molar refractivity (Wildman–Crippen MR) is 189 cm³/mol. The number of fused-ring (bicyclic) bond motifs is 2. The molecule has 0 bridgehead atoms. The summed E-state index contributed by atoms with van der Waals surface area (Å²) in [5.74, 6) is 0. The van der Waals surface area contributed by atoms with Crippen LogP contribution in [-0.2, 0) is 0 Å². The van der Waals surface area contributed by atoms with Gasteiger partial charge in [-0.05, 0) is 83.2 Å². The van der Waals surface area contributed by atoms with Crippen molar-refractivity contribution in [3.63, 3.8) is 0 Å². The normalized spacial score (nSPS) is 11.2. The summed E-state index contributed by atoms with van der Waals surface area (Å²) in [6, 6.07) is 65.8. The van der Waals surface area contributed by atoms with Crippen LogP contribution >= 0.6 is 0 Å². The Morgan fingerprint density at radius 2 is 0.477 bits per heavy atom. The zero-order valence-corrected chi connectivity index (χ0v) is 24.3. The first-order valence-electron chi connectivity index (χ1n) is 15.2. The third-order valence-corrected chi connectivity index (χ3v) is 8.69. The fraction of sp³-hybridized carbons (Fsp3) is 0. The molecule has 8 aromatic rings. The number of rotatable bonds is 5. The van der Waals surface area contributed by atoms with Crippen molar-refractivity contribution in [1.29, 1.82) is 0 Å². The van der Waals surface area contributed by atoms with Gasteiger partial charge in [-0.3, -0.25) is 0 Å². The van der Waals surface area contributed by atoms with Crippen molar-refractivity contribution in [2.24, 2.45) is 0 Å². The lowest BCUT2D eigenvalue weighted by Gasteiger charge is -2.18. The van der Waals surface area contributed by atoms with Gasteiger partial charge in [-0.1, -0.05) is 176 Å². The molecule has 44 heavy (non-hydrogen) atoms. The van der Waals surface area contributed by atoms with Crippen molar-refractivity contribution in [3.05, 3.63) is 182 Å². The van der Waals surface area contributed by atoms with E-state index in [1.165, 1.54) is 77.2 Å². The van der Waals surface area contributed by atoms with Gasteiger partial charge < -0.3 is 0 Å². The van der Waals surface area contributed by atoms with Crippen LogP contribution in [0.4, 0.5) is 0 Å². The fourth-order valence-corrected chi connectivity index (χ4v) is 6.55. The van der Waals surface area contributed by atoms with Gasteiger partial charge in [0.05, 0.1) is 0 Å². The molecule has 0 saturated heterocycles. The zero-order valence-electron chi connectivity index (χ0n) is 24.3. The molecule has 0 aromatic heterocycles. The molecule has 0 saturated carbocycles. The molecule has 0 aliphatic carbocycles. The van der Waals surface area contributed by atoms with Crippen LogP contribution in [0.25, 0.3) is 77.2 Å². The summed E-state index contributed by atoms with van der Waals surface area (Å²) in [6.07, 6.45) is 0. The standard InChI is InChI=1S/C44H30/c1-3-12-31(13-4-1)33-22-24-34(25-23-33)35-26-28-36(29-27-35)43-39-18-7-9-20-41(39)44(42-21-10-8-19-40(42)43)38-17-11-16-37(30-38)32-14-5-2-6-15-32/h1-30H. The van der Waals surface area contributed by atoms with E-state index in [1.54, 1.807) is 0 Å². The van der Waals surface area contributed by atoms with Crippen molar-refractivity contribution in [3.8, 4) is 55.6 Å². The first kappa shape index (κ1) is 25.9. The Morgan fingerprint density at radius 3 is 0.932 bits per heavy atom. The molecule has 0 N–H and O–H groups in total. The second kappa shape index (κ2) is 11.2. The Balaban J connectivity index is 1.25. The number of benzene rings is 8. The van der Waals surface area contributed by atoms with E-state index in [2.05, 4.69) is 182 Å². The third-order valence-electron chi connectivity index (χ3n) is 8.69. The van der Waals surface area contributed by atoms with Gasteiger partial charge in [-0.25, -0.2) is 0 Å². The van der Waals surface area contributed by atoms with Gasteiger partial charge in [0.25, 0.3) is 0 Å².